The highest BCUT2D eigenvalue weighted by atomic mass is 16.2. The Hall–Kier alpha value is -1.42. The summed E-state index contributed by atoms with van der Waals surface area (Å²) in [7, 11) is 0. The molecule has 4 heteroatoms. The number of nitrogens with zero attached hydrogens (tertiary/aromatic N) is 3. The summed E-state index contributed by atoms with van der Waals surface area (Å²) in [5.74, 6) is 1.12. The minimum absolute atomic E-state index is 0.403. The first-order valence-corrected chi connectivity index (χ1v) is 9.13. The number of likely N-dealkylation sites (tertiary alicyclic amines) is 2. The minimum Gasteiger partial charge on any atom is -0.342 e. The molecule has 0 aromatic carbocycles. The number of hydrogen-bond acceptors (Lipinski definition) is 3. The summed E-state index contributed by atoms with van der Waals surface area (Å²) >= 11 is 0. The number of amides is 1. The molecular weight excluding hydrogens is 286 g/mol. The van der Waals surface area contributed by atoms with E-state index in [0.717, 1.165) is 44.8 Å². The van der Waals surface area contributed by atoms with Gasteiger partial charge >= 0.3 is 0 Å². The number of carbonyl (C=O) groups is 1. The van der Waals surface area contributed by atoms with E-state index >= 15 is 0 Å². The van der Waals surface area contributed by atoms with Gasteiger partial charge in [-0.05, 0) is 68.7 Å². The molecule has 0 radical (unpaired) electrons. The zero-order valence-electron chi connectivity index (χ0n) is 13.9. The minimum atomic E-state index is 0.403. The lowest BCUT2D eigenvalue weighted by Gasteiger charge is -2.39. The average Bonchev–Trinajstić information content (AvgIpc) is 3.29. The highest BCUT2D eigenvalue weighted by Crippen LogP contribution is 2.41. The van der Waals surface area contributed by atoms with Crippen LogP contribution in [-0.2, 0) is 11.3 Å². The molecule has 1 amide bonds. The van der Waals surface area contributed by atoms with Crippen LogP contribution in [0.3, 0.4) is 0 Å². The molecule has 0 N–H and O–H groups in total. The van der Waals surface area contributed by atoms with E-state index in [1.165, 1.54) is 32.1 Å². The number of rotatable bonds is 4. The maximum Gasteiger partial charge on any atom is 0.222 e. The second-order valence-corrected chi connectivity index (χ2v) is 7.81. The van der Waals surface area contributed by atoms with Gasteiger partial charge in [-0.15, -0.1) is 0 Å². The van der Waals surface area contributed by atoms with E-state index in [-0.39, 0.29) is 0 Å². The predicted molar refractivity (Wildman–Crippen MR) is 89.7 cm³/mol. The smallest absolute Gasteiger partial charge is 0.222 e. The zero-order valence-corrected chi connectivity index (χ0v) is 13.9. The van der Waals surface area contributed by atoms with E-state index in [0.29, 0.717) is 17.2 Å². The molecule has 1 aromatic heterocycles. The largest absolute Gasteiger partial charge is 0.342 e. The summed E-state index contributed by atoms with van der Waals surface area (Å²) in [5.41, 5.74) is 1.57. The Morgan fingerprint density at radius 1 is 1.17 bits per heavy atom. The summed E-state index contributed by atoms with van der Waals surface area (Å²) in [5, 5.41) is 0. The van der Waals surface area contributed by atoms with Gasteiger partial charge in [0.15, 0.2) is 0 Å². The van der Waals surface area contributed by atoms with E-state index in [4.69, 9.17) is 0 Å². The maximum absolute atomic E-state index is 12.3. The SMILES string of the molecule is O=C(CC1CC1)N1CCC2(CCN(Cc3ccccn3)CC2)C1. The molecule has 0 bridgehead atoms. The molecule has 4 nitrogen and oxygen atoms in total. The third kappa shape index (κ3) is 3.57. The fraction of sp³-hybridized carbons (Fsp3) is 0.684. The number of hydrogen-bond donors (Lipinski definition) is 0. The van der Waals surface area contributed by atoms with Gasteiger partial charge in [0, 0.05) is 32.3 Å². The van der Waals surface area contributed by atoms with Gasteiger partial charge in [0.1, 0.15) is 0 Å². The number of aromatic nitrogens is 1. The second kappa shape index (κ2) is 6.23. The Balaban J connectivity index is 1.28. The van der Waals surface area contributed by atoms with Crippen LogP contribution in [0.4, 0.5) is 0 Å². The van der Waals surface area contributed by atoms with Crippen molar-refractivity contribution in [1.82, 2.24) is 14.8 Å². The Bertz CT molecular complexity index is 547. The van der Waals surface area contributed by atoms with Gasteiger partial charge in [0.2, 0.25) is 5.91 Å². The van der Waals surface area contributed by atoms with Crippen molar-refractivity contribution in [1.29, 1.82) is 0 Å². The van der Waals surface area contributed by atoms with Gasteiger partial charge in [0.05, 0.1) is 5.69 Å². The predicted octanol–water partition coefficient (Wildman–Crippen LogP) is 2.70. The third-order valence-electron chi connectivity index (χ3n) is 5.98. The summed E-state index contributed by atoms with van der Waals surface area (Å²) in [6, 6.07) is 6.15. The van der Waals surface area contributed by atoms with Crippen molar-refractivity contribution < 1.29 is 4.79 Å². The third-order valence-corrected chi connectivity index (χ3v) is 5.98. The molecule has 1 aliphatic carbocycles. The second-order valence-electron chi connectivity index (χ2n) is 7.81. The normalized spacial score (nSPS) is 24.3. The Kier molecular flexibility index (Phi) is 4.10. The van der Waals surface area contributed by atoms with Crippen LogP contribution < -0.4 is 0 Å². The van der Waals surface area contributed by atoms with Crippen LogP contribution >= 0.6 is 0 Å². The molecule has 1 saturated carbocycles. The topological polar surface area (TPSA) is 36.4 Å². The molecule has 2 saturated heterocycles. The first kappa shape index (κ1) is 15.1. The van der Waals surface area contributed by atoms with Crippen LogP contribution in [0.5, 0.6) is 0 Å². The van der Waals surface area contributed by atoms with E-state index in [1.54, 1.807) is 0 Å². The van der Waals surface area contributed by atoms with Crippen LogP contribution in [0.15, 0.2) is 24.4 Å². The van der Waals surface area contributed by atoms with E-state index in [2.05, 4.69) is 26.9 Å². The lowest BCUT2D eigenvalue weighted by molar-refractivity contribution is -0.131. The lowest BCUT2D eigenvalue weighted by atomic mass is 9.78. The maximum atomic E-state index is 12.3. The zero-order chi connectivity index (χ0) is 15.7. The molecule has 3 aliphatic rings. The molecule has 1 aromatic rings. The van der Waals surface area contributed by atoms with Crippen molar-refractivity contribution in [3.63, 3.8) is 0 Å². The van der Waals surface area contributed by atoms with Gasteiger partial charge in [-0.1, -0.05) is 6.07 Å². The van der Waals surface area contributed by atoms with Crippen molar-refractivity contribution in [2.75, 3.05) is 26.2 Å². The Morgan fingerprint density at radius 2 is 1.96 bits per heavy atom. The van der Waals surface area contributed by atoms with Gasteiger partial charge < -0.3 is 4.90 Å². The molecule has 1 spiro atoms. The van der Waals surface area contributed by atoms with Gasteiger partial charge in [0.25, 0.3) is 0 Å². The van der Waals surface area contributed by atoms with Crippen molar-refractivity contribution >= 4 is 5.91 Å². The van der Waals surface area contributed by atoms with Crippen molar-refractivity contribution in [3.8, 4) is 0 Å². The first-order valence-electron chi connectivity index (χ1n) is 9.13. The van der Waals surface area contributed by atoms with Crippen LogP contribution in [0.2, 0.25) is 0 Å². The van der Waals surface area contributed by atoms with Gasteiger partial charge in [-0.3, -0.25) is 14.7 Å². The highest BCUT2D eigenvalue weighted by Gasteiger charge is 2.42. The molecule has 23 heavy (non-hydrogen) atoms. The summed E-state index contributed by atoms with van der Waals surface area (Å²) in [6.45, 7) is 5.24. The molecule has 3 fully saturated rings. The van der Waals surface area contributed by atoms with E-state index < -0.39 is 0 Å². The molecule has 4 rings (SSSR count). The number of carbonyl (C=O) groups excluding carboxylic acids is 1. The van der Waals surface area contributed by atoms with Crippen molar-refractivity contribution in [2.24, 2.45) is 11.3 Å². The Morgan fingerprint density at radius 3 is 2.65 bits per heavy atom. The van der Waals surface area contributed by atoms with E-state index in [9.17, 15) is 4.79 Å². The monoisotopic (exact) mass is 313 g/mol. The molecule has 124 valence electrons. The highest BCUT2D eigenvalue weighted by molar-refractivity contribution is 5.77. The standard InChI is InChI=1S/C19H27N3O/c23-18(13-16-4-5-16)22-12-8-19(15-22)6-10-21(11-7-19)14-17-3-1-2-9-20-17/h1-3,9,16H,4-8,10-15H2. The van der Waals surface area contributed by atoms with Crippen LogP contribution in [-0.4, -0.2) is 46.9 Å². The summed E-state index contributed by atoms with van der Waals surface area (Å²) < 4.78 is 0. The van der Waals surface area contributed by atoms with Gasteiger partial charge in [-0.2, -0.15) is 0 Å². The first-order chi connectivity index (χ1) is 11.2. The fourth-order valence-electron chi connectivity index (χ4n) is 4.16. The van der Waals surface area contributed by atoms with Gasteiger partial charge in [-0.25, -0.2) is 0 Å². The number of pyridine rings is 1. The molecule has 0 unspecified atom stereocenters. The number of piperidine rings is 1. The molecule has 0 atom stereocenters. The fourth-order valence-corrected chi connectivity index (χ4v) is 4.16. The average molecular weight is 313 g/mol. The molecule has 2 aliphatic heterocycles. The quantitative estimate of drug-likeness (QED) is 0.857. The lowest BCUT2D eigenvalue weighted by Crippen LogP contribution is -2.42. The van der Waals surface area contributed by atoms with E-state index in [1.807, 2.05) is 12.3 Å². The van der Waals surface area contributed by atoms with Crippen molar-refractivity contribution in [3.05, 3.63) is 30.1 Å². The van der Waals surface area contributed by atoms with Crippen molar-refractivity contribution in [2.45, 2.75) is 45.1 Å². The molecule has 3 heterocycles. The summed E-state index contributed by atoms with van der Waals surface area (Å²) in [4.78, 5) is 21.4. The molecular formula is C19H27N3O. The van der Waals surface area contributed by atoms with Crippen LogP contribution in [0.1, 0.15) is 44.2 Å². The Labute approximate surface area is 138 Å². The summed E-state index contributed by atoms with van der Waals surface area (Å²) in [6.07, 6.45) is 8.89. The van der Waals surface area contributed by atoms with Crippen LogP contribution in [0.25, 0.3) is 0 Å². The van der Waals surface area contributed by atoms with Crippen LogP contribution in [0, 0.1) is 11.3 Å².